The first-order chi connectivity index (χ1) is 6.22. The molecule has 3 saturated heterocycles. The summed E-state index contributed by atoms with van der Waals surface area (Å²) in [6.07, 6.45) is 2.83. The zero-order valence-corrected chi connectivity index (χ0v) is 8.13. The molecule has 0 saturated carbocycles. The molecule has 1 spiro atoms. The molecule has 0 aromatic rings. The van der Waals surface area contributed by atoms with Gasteiger partial charge in [-0.05, 0) is 12.8 Å². The summed E-state index contributed by atoms with van der Waals surface area (Å²) in [5, 5.41) is 0.323. The lowest BCUT2D eigenvalue weighted by molar-refractivity contribution is -0.148. The first-order valence-electron chi connectivity index (χ1n) is 4.73. The van der Waals surface area contributed by atoms with Gasteiger partial charge in [0.2, 0.25) is 0 Å². The number of cyclic esters (lactones) is 1. The monoisotopic (exact) mass is 200 g/mol. The van der Waals surface area contributed by atoms with Crippen molar-refractivity contribution in [2.75, 3.05) is 6.61 Å². The number of ether oxygens (including phenoxy) is 2. The highest BCUT2D eigenvalue weighted by atomic mass is 32.1. The van der Waals surface area contributed by atoms with Gasteiger partial charge < -0.3 is 9.47 Å². The third-order valence-corrected chi connectivity index (χ3v) is 4.14. The average Bonchev–Trinajstić information content (AvgIpc) is 2.70. The SMILES string of the molecule is O=C1OCCC12CC1OC2CC1S. The van der Waals surface area contributed by atoms with Crippen LogP contribution in [0, 0.1) is 5.41 Å². The average molecular weight is 200 g/mol. The Hall–Kier alpha value is -0.220. The van der Waals surface area contributed by atoms with Crippen molar-refractivity contribution < 1.29 is 14.3 Å². The molecule has 3 rings (SSSR count). The van der Waals surface area contributed by atoms with Gasteiger partial charge in [-0.2, -0.15) is 12.6 Å². The summed E-state index contributed by atoms with van der Waals surface area (Å²) in [4.78, 5) is 11.6. The van der Waals surface area contributed by atoms with Crippen molar-refractivity contribution in [3.8, 4) is 0 Å². The molecule has 4 heteroatoms. The number of carbonyl (C=O) groups is 1. The standard InChI is InChI=1S/C9H12O3S/c10-8-9(1-2-11-8)4-5-6(13)3-7(9)12-5/h5-7,13H,1-4H2. The van der Waals surface area contributed by atoms with Gasteiger partial charge in [-0.1, -0.05) is 0 Å². The third-order valence-electron chi connectivity index (χ3n) is 3.59. The van der Waals surface area contributed by atoms with E-state index in [1.54, 1.807) is 0 Å². The smallest absolute Gasteiger partial charge is 0.314 e. The second-order valence-electron chi connectivity index (χ2n) is 4.21. The van der Waals surface area contributed by atoms with E-state index in [1.165, 1.54) is 0 Å². The number of fused-ring (bicyclic) bond motifs is 3. The van der Waals surface area contributed by atoms with Crippen LogP contribution in [0.2, 0.25) is 0 Å². The molecule has 0 N–H and O–H groups in total. The second-order valence-corrected chi connectivity index (χ2v) is 4.88. The number of hydrogen-bond acceptors (Lipinski definition) is 4. The van der Waals surface area contributed by atoms with Crippen molar-refractivity contribution in [3.63, 3.8) is 0 Å². The second kappa shape index (κ2) is 2.42. The van der Waals surface area contributed by atoms with E-state index < -0.39 is 0 Å². The van der Waals surface area contributed by atoms with E-state index in [0.717, 1.165) is 19.3 Å². The first kappa shape index (κ1) is 8.12. The minimum atomic E-state index is -0.288. The van der Waals surface area contributed by atoms with Crippen molar-refractivity contribution in [3.05, 3.63) is 0 Å². The van der Waals surface area contributed by atoms with Crippen LogP contribution in [0.15, 0.2) is 0 Å². The quantitative estimate of drug-likeness (QED) is 0.463. The predicted molar refractivity (Wildman–Crippen MR) is 48.7 cm³/mol. The minimum absolute atomic E-state index is 0.0415. The first-order valence-corrected chi connectivity index (χ1v) is 5.25. The highest BCUT2D eigenvalue weighted by Crippen LogP contribution is 2.53. The number of thiol groups is 1. The fourth-order valence-electron chi connectivity index (χ4n) is 2.81. The van der Waals surface area contributed by atoms with Crippen molar-refractivity contribution in [2.45, 2.75) is 36.7 Å². The molecule has 0 aromatic heterocycles. The number of carbonyl (C=O) groups excluding carboxylic acids is 1. The lowest BCUT2D eigenvalue weighted by Crippen LogP contribution is -2.39. The molecule has 0 amide bonds. The Morgan fingerprint density at radius 3 is 2.85 bits per heavy atom. The van der Waals surface area contributed by atoms with Crippen LogP contribution < -0.4 is 0 Å². The van der Waals surface area contributed by atoms with Crippen LogP contribution >= 0.6 is 12.6 Å². The molecule has 2 bridgehead atoms. The molecule has 3 aliphatic heterocycles. The molecule has 0 aromatic carbocycles. The fourth-order valence-corrected chi connectivity index (χ4v) is 3.18. The summed E-state index contributed by atoms with van der Waals surface area (Å²) >= 11 is 4.43. The topological polar surface area (TPSA) is 35.5 Å². The van der Waals surface area contributed by atoms with Gasteiger partial charge in [0.15, 0.2) is 0 Å². The van der Waals surface area contributed by atoms with Crippen molar-refractivity contribution >= 4 is 18.6 Å². The molecule has 4 unspecified atom stereocenters. The van der Waals surface area contributed by atoms with Crippen LogP contribution in [-0.4, -0.2) is 30.0 Å². The van der Waals surface area contributed by atoms with Crippen LogP contribution in [-0.2, 0) is 14.3 Å². The van der Waals surface area contributed by atoms with Gasteiger partial charge in [0, 0.05) is 11.7 Å². The Morgan fingerprint density at radius 2 is 2.38 bits per heavy atom. The van der Waals surface area contributed by atoms with Gasteiger partial charge in [-0.3, -0.25) is 4.79 Å². The maximum atomic E-state index is 11.6. The van der Waals surface area contributed by atoms with E-state index in [-0.39, 0.29) is 23.6 Å². The highest BCUT2D eigenvalue weighted by Gasteiger charge is 2.62. The summed E-state index contributed by atoms with van der Waals surface area (Å²) < 4.78 is 10.8. The fraction of sp³-hybridized carbons (Fsp3) is 0.889. The molecule has 0 radical (unpaired) electrons. The van der Waals surface area contributed by atoms with E-state index >= 15 is 0 Å². The Bertz CT molecular complexity index is 266. The Morgan fingerprint density at radius 1 is 1.54 bits per heavy atom. The van der Waals surface area contributed by atoms with Crippen molar-refractivity contribution in [2.24, 2.45) is 5.41 Å². The Balaban J connectivity index is 1.92. The third kappa shape index (κ3) is 0.880. The molecule has 3 fully saturated rings. The van der Waals surface area contributed by atoms with Crippen LogP contribution in [0.1, 0.15) is 19.3 Å². The van der Waals surface area contributed by atoms with Crippen LogP contribution in [0.3, 0.4) is 0 Å². The molecule has 72 valence electrons. The molecule has 3 aliphatic rings. The molecule has 3 nitrogen and oxygen atoms in total. The van der Waals surface area contributed by atoms with Gasteiger partial charge >= 0.3 is 5.97 Å². The molecule has 3 heterocycles. The van der Waals surface area contributed by atoms with Crippen LogP contribution in [0.4, 0.5) is 0 Å². The summed E-state index contributed by atoms with van der Waals surface area (Å²) in [6.45, 7) is 0.572. The van der Waals surface area contributed by atoms with Crippen molar-refractivity contribution in [1.82, 2.24) is 0 Å². The zero-order valence-electron chi connectivity index (χ0n) is 7.23. The lowest BCUT2D eigenvalue weighted by atomic mass is 9.73. The normalized spacial score (nSPS) is 53.3. The van der Waals surface area contributed by atoms with E-state index in [1.807, 2.05) is 0 Å². The molecule has 13 heavy (non-hydrogen) atoms. The van der Waals surface area contributed by atoms with Gasteiger partial charge in [0.05, 0.1) is 24.2 Å². The number of rotatable bonds is 0. The Kier molecular flexibility index (Phi) is 1.51. The highest BCUT2D eigenvalue weighted by molar-refractivity contribution is 7.81. The van der Waals surface area contributed by atoms with Gasteiger partial charge in [0.1, 0.15) is 0 Å². The van der Waals surface area contributed by atoms with E-state index in [9.17, 15) is 4.79 Å². The zero-order chi connectivity index (χ0) is 9.05. The van der Waals surface area contributed by atoms with E-state index in [4.69, 9.17) is 9.47 Å². The largest absolute Gasteiger partial charge is 0.465 e. The summed E-state index contributed by atoms with van der Waals surface area (Å²) in [5.41, 5.74) is -0.288. The summed E-state index contributed by atoms with van der Waals surface area (Å²) in [5.74, 6) is -0.0415. The number of esters is 1. The maximum absolute atomic E-state index is 11.6. The maximum Gasteiger partial charge on any atom is 0.314 e. The van der Waals surface area contributed by atoms with E-state index in [2.05, 4.69) is 12.6 Å². The minimum Gasteiger partial charge on any atom is -0.465 e. The Labute approximate surface area is 82.2 Å². The molecular weight excluding hydrogens is 188 g/mol. The predicted octanol–water partition coefficient (Wildman–Crippen LogP) is 0.779. The molecular formula is C9H12O3S. The van der Waals surface area contributed by atoms with Gasteiger partial charge in [-0.15, -0.1) is 0 Å². The number of hydrogen-bond donors (Lipinski definition) is 1. The molecule has 0 aliphatic carbocycles. The molecule has 4 atom stereocenters. The van der Waals surface area contributed by atoms with Crippen molar-refractivity contribution in [1.29, 1.82) is 0 Å². The van der Waals surface area contributed by atoms with Gasteiger partial charge in [0.25, 0.3) is 0 Å². The van der Waals surface area contributed by atoms with Gasteiger partial charge in [-0.25, -0.2) is 0 Å². The van der Waals surface area contributed by atoms with E-state index in [0.29, 0.717) is 11.9 Å². The summed E-state index contributed by atoms with van der Waals surface area (Å²) in [6, 6.07) is 0. The van der Waals surface area contributed by atoms with Crippen LogP contribution in [0.25, 0.3) is 0 Å². The lowest BCUT2D eigenvalue weighted by Gasteiger charge is -2.27. The van der Waals surface area contributed by atoms with Crippen LogP contribution in [0.5, 0.6) is 0 Å². The summed E-state index contributed by atoms with van der Waals surface area (Å²) in [7, 11) is 0.